The van der Waals surface area contributed by atoms with Crippen LogP contribution < -0.4 is 9.46 Å². The molecule has 0 radical (unpaired) electrons. The van der Waals surface area contributed by atoms with Crippen molar-refractivity contribution in [3.8, 4) is 5.75 Å². The molecule has 0 heterocycles. The molecule has 0 aliphatic carbocycles. The Bertz CT molecular complexity index is 500. The molecule has 1 N–H and O–H groups in total. The van der Waals surface area contributed by atoms with E-state index in [1.165, 1.54) is 0 Å². The number of sulfonamides is 1. The van der Waals surface area contributed by atoms with E-state index in [1.807, 2.05) is 13.8 Å². The number of nitrogens with one attached hydrogen (secondary N) is 1. The van der Waals surface area contributed by atoms with Crippen LogP contribution in [0.2, 0.25) is 0 Å². The number of benzene rings is 1. The molecule has 0 aromatic heterocycles. The van der Waals surface area contributed by atoms with Gasteiger partial charge in [-0.2, -0.15) is 0 Å². The molecule has 0 bridgehead atoms. The van der Waals surface area contributed by atoms with E-state index in [-0.39, 0.29) is 6.04 Å². The van der Waals surface area contributed by atoms with Crippen LogP contribution in [0, 0.1) is 13.8 Å². The van der Waals surface area contributed by atoms with Crippen LogP contribution in [-0.4, -0.2) is 21.6 Å². The van der Waals surface area contributed by atoms with Crippen molar-refractivity contribution in [2.24, 2.45) is 0 Å². The van der Waals surface area contributed by atoms with Crippen LogP contribution in [0.3, 0.4) is 0 Å². The van der Waals surface area contributed by atoms with Gasteiger partial charge in [0.05, 0.1) is 12.0 Å². The number of ether oxygens (including phenoxy) is 1. The van der Waals surface area contributed by atoms with Gasteiger partial charge in [-0.05, 0) is 50.5 Å². The van der Waals surface area contributed by atoms with Crippen LogP contribution in [-0.2, 0) is 10.0 Å². The smallest absolute Gasteiger partial charge is 0.241 e. The molecule has 1 atom stereocenters. The lowest BCUT2D eigenvalue weighted by Gasteiger charge is -2.16. The summed E-state index contributed by atoms with van der Waals surface area (Å²) in [5.74, 6) is 0.674. The Labute approximate surface area is 109 Å². The lowest BCUT2D eigenvalue weighted by atomic mass is 10.1. The van der Waals surface area contributed by atoms with Gasteiger partial charge >= 0.3 is 0 Å². The van der Waals surface area contributed by atoms with Gasteiger partial charge in [-0.25, -0.2) is 13.1 Å². The molecule has 0 spiro atoms. The fourth-order valence-electron chi connectivity index (χ4n) is 1.86. The molecule has 102 valence electrons. The zero-order valence-corrected chi connectivity index (χ0v) is 12.4. The van der Waals surface area contributed by atoms with Crippen molar-refractivity contribution in [1.82, 2.24) is 4.72 Å². The van der Waals surface area contributed by atoms with E-state index in [0.717, 1.165) is 6.42 Å². The predicted molar refractivity (Wildman–Crippen MR) is 72.5 cm³/mol. The van der Waals surface area contributed by atoms with Crippen LogP contribution >= 0.6 is 0 Å². The van der Waals surface area contributed by atoms with Gasteiger partial charge in [-0.15, -0.1) is 0 Å². The fourth-order valence-corrected chi connectivity index (χ4v) is 3.64. The highest BCUT2D eigenvalue weighted by atomic mass is 32.2. The molecule has 0 aliphatic rings. The fraction of sp³-hybridized carbons (Fsp3) is 0.538. The first-order chi connectivity index (χ1) is 8.31. The molecule has 0 amide bonds. The lowest BCUT2D eigenvalue weighted by molar-refractivity contribution is 0.413. The second kappa shape index (κ2) is 5.71. The highest BCUT2D eigenvalue weighted by Crippen LogP contribution is 2.25. The van der Waals surface area contributed by atoms with Gasteiger partial charge in [0.15, 0.2) is 0 Å². The maximum absolute atomic E-state index is 12.3. The van der Waals surface area contributed by atoms with E-state index in [1.54, 1.807) is 33.1 Å². The van der Waals surface area contributed by atoms with Crippen molar-refractivity contribution < 1.29 is 13.2 Å². The molecule has 0 saturated heterocycles. The maximum Gasteiger partial charge on any atom is 0.241 e. The molecule has 0 fully saturated rings. The Morgan fingerprint density at radius 1 is 1.28 bits per heavy atom. The quantitative estimate of drug-likeness (QED) is 0.894. The Kier molecular flexibility index (Phi) is 4.76. The van der Waals surface area contributed by atoms with Crippen LogP contribution in [0.5, 0.6) is 5.75 Å². The molecule has 4 nitrogen and oxygen atoms in total. The standard InChI is InChI=1S/C13H21NO3S/c1-6-11(4)14-18(15,16)13-9(2)7-12(17-5)8-10(13)3/h7-8,11,14H,6H2,1-5H3/t11-/m0/s1. The summed E-state index contributed by atoms with van der Waals surface area (Å²) in [6, 6.07) is 3.40. The summed E-state index contributed by atoms with van der Waals surface area (Å²) in [6.45, 7) is 7.36. The van der Waals surface area contributed by atoms with E-state index in [9.17, 15) is 8.42 Å². The number of hydrogen-bond donors (Lipinski definition) is 1. The molecule has 1 rings (SSSR count). The van der Waals surface area contributed by atoms with E-state index >= 15 is 0 Å². The van der Waals surface area contributed by atoms with Crippen molar-refractivity contribution in [2.45, 2.75) is 45.1 Å². The van der Waals surface area contributed by atoms with Crippen LogP contribution in [0.1, 0.15) is 31.4 Å². The third-order valence-corrected chi connectivity index (χ3v) is 4.80. The minimum atomic E-state index is -3.46. The maximum atomic E-state index is 12.3. The van der Waals surface area contributed by atoms with Gasteiger partial charge in [0, 0.05) is 6.04 Å². The molecule has 1 aromatic rings. The van der Waals surface area contributed by atoms with E-state index in [4.69, 9.17) is 4.74 Å². The molecule has 18 heavy (non-hydrogen) atoms. The number of rotatable bonds is 5. The van der Waals surface area contributed by atoms with Gasteiger partial charge in [0.1, 0.15) is 5.75 Å². The van der Waals surface area contributed by atoms with Crippen LogP contribution in [0.4, 0.5) is 0 Å². The number of methoxy groups -OCH3 is 1. The third-order valence-electron chi connectivity index (χ3n) is 2.91. The summed E-state index contributed by atoms with van der Waals surface area (Å²) in [5.41, 5.74) is 1.39. The summed E-state index contributed by atoms with van der Waals surface area (Å²) in [5, 5.41) is 0. The molecule has 0 saturated carbocycles. The van der Waals surface area contributed by atoms with Gasteiger partial charge in [0.2, 0.25) is 10.0 Å². The second-order valence-corrected chi connectivity index (χ2v) is 6.17. The summed E-state index contributed by atoms with van der Waals surface area (Å²) < 4.78 is 32.4. The Morgan fingerprint density at radius 3 is 2.17 bits per heavy atom. The van der Waals surface area contributed by atoms with Crippen LogP contribution in [0.25, 0.3) is 0 Å². The summed E-state index contributed by atoms with van der Waals surface area (Å²) >= 11 is 0. The van der Waals surface area contributed by atoms with Crippen molar-refractivity contribution in [1.29, 1.82) is 0 Å². The van der Waals surface area contributed by atoms with Crippen molar-refractivity contribution in [2.75, 3.05) is 7.11 Å². The number of aryl methyl sites for hydroxylation is 2. The monoisotopic (exact) mass is 271 g/mol. The Hall–Kier alpha value is -1.07. The van der Waals surface area contributed by atoms with Gasteiger partial charge in [0.25, 0.3) is 0 Å². The summed E-state index contributed by atoms with van der Waals surface area (Å²) in [6.07, 6.45) is 0.757. The first kappa shape index (κ1) is 15.0. The second-order valence-electron chi connectivity index (χ2n) is 4.52. The Balaban J connectivity index is 3.25. The van der Waals surface area contributed by atoms with Gasteiger partial charge in [-0.3, -0.25) is 0 Å². The summed E-state index contributed by atoms with van der Waals surface area (Å²) in [7, 11) is -1.89. The molecular weight excluding hydrogens is 250 g/mol. The van der Waals surface area contributed by atoms with Gasteiger partial charge < -0.3 is 4.74 Å². The minimum absolute atomic E-state index is 0.0732. The van der Waals surface area contributed by atoms with E-state index in [0.29, 0.717) is 21.8 Å². The largest absolute Gasteiger partial charge is 0.497 e. The molecular formula is C13H21NO3S. The van der Waals surface area contributed by atoms with Crippen LogP contribution in [0.15, 0.2) is 17.0 Å². The minimum Gasteiger partial charge on any atom is -0.497 e. The molecule has 0 aliphatic heterocycles. The third kappa shape index (κ3) is 3.23. The van der Waals surface area contributed by atoms with Gasteiger partial charge in [-0.1, -0.05) is 6.92 Å². The highest BCUT2D eigenvalue weighted by Gasteiger charge is 2.21. The molecule has 0 unspecified atom stereocenters. The van der Waals surface area contributed by atoms with E-state index < -0.39 is 10.0 Å². The molecule has 1 aromatic carbocycles. The zero-order valence-electron chi connectivity index (χ0n) is 11.6. The lowest BCUT2D eigenvalue weighted by Crippen LogP contribution is -2.32. The van der Waals surface area contributed by atoms with Crippen molar-refractivity contribution in [3.63, 3.8) is 0 Å². The molecule has 5 heteroatoms. The predicted octanol–water partition coefficient (Wildman–Crippen LogP) is 2.39. The normalized spacial score (nSPS) is 13.4. The topological polar surface area (TPSA) is 55.4 Å². The first-order valence-electron chi connectivity index (χ1n) is 5.99. The average Bonchev–Trinajstić information content (AvgIpc) is 2.26. The van der Waals surface area contributed by atoms with E-state index in [2.05, 4.69) is 4.72 Å². The first-order valence-corrected chi connectivity index (χ1v) is 7.47. The summed E-state index contributed by atoms with van der Waals surface area (Å²) in [4.78, 5) is 0.351. The number of hydrogen-bond acceptors (Lipinski definition) is 3. The van der Waals surface area contributed by atoms with Crippen molar-refractivity contribution in [3.05, 3.63) is 23.3 Å². The SMILES string of the molecule is CC[C@H](C)NS(=O)(=O)c1c(C)cc(OC)cc1C. The highest BCUT2D eigenvalue weighted by molar-refractivity contribution is 7.89. The average molecular weight is 271 g/mol. The zero-order chi connectivity index (χ0) is 13.9. The Morgan fingerprint density at radius 2 is 1.78 bits per heavy atom. The van der Waals surface area contributed by atoms with Crippen molar-refractivity contribution >= 4 is 10.0 Å².